The average Bonchev–Trinajstić information content (AvgIpc) is 3.21. The Hall–Kier alpha value is -2.77. The number of anilines is 2. The van der Waals surface area contributed by atoms with Gasteiger partial charge in [0.25, 0.3) is 0 Å². The van der Waals surface area contributed by atoms with Gasteiger partial charge in [0, 0.05) is 24.6 Å². The fourth-order valence-electron chi connectivity index (χ4n) is 3.63. The first-order chi connectivity index (χ1) is 14.7. The van der Waals surface area contributed by atoms with Gasteiger partial charge < -0.3 is 14.8 Å². The molecule has 1 N–H and O–H groups in total. The number of benzene rings is 1. The standard InChI is InChI=1S/C23H29N5O2/c1-3-18-7-8-19(14-17(18)2)21-9-10-24-23(27-21)26-20-15-25-28(16-20)11-13-30-22-6-4-5-12-29-22/h7-10,14-16,22H,3-6,11-13H2,1-2H3,(H,24,26,27). The van der Waals surface area contributed by atoms with E-state index in [-0.39, 0.29) is 6.29 Å². The van der Waals surface area contributed by atoms with Crippen LogP contribution in [-0.4, -0.2) is 39.3 Å². The second kappa shape index (κ2) is 9.82. The van der Waals surface area contributed by atoms with Gasteiger partial charge in [-0.15, -0.1) is 0 Å². The molecular formula is C23H29N5O2. The summed E-state index contributed by atoms with van der Waals surface area (Å²) in [5.74, 6) is 0.552. The van der Waals surface area contributed by atoms with E-state index in [9.17, 15) is 0 Å². The molecule has 0 amide bonds. The van der Waals surface area contributed by atoms with E-state index in [1.807, 2.05) is 16.9 Å². The molecule has 1 fully saturated rings. The molecule has 3 heterocycles. The number of aryl methyl sites for hydroxylation is 2. The predicted octanol–water partition coefficient (Wildman–Crippen LogP) is 4.50. The maximum absolute atomic E-state index is 5.78. The zero-order valence-corrected chi connectivity index (χ0v) is 17.7. The fraction of sp³-hybridized carbons (Fsp3) is 0.435. The zero-order chi connectivity index (χ0) is 20.8. The van der Waals surface area contributed by atoms with Gasteiger partial charge in [-0.2, -0.15) is 5.10 Å². The molecule has 30 heavy (non-hydrogen) atoms. The lowest BCUT2D eigenvalue weighted by Gasteiger charge is -2.22. The van der Waals surface area contributed by atoms with Gasteiger partial charge >= 0.3 is 0 Å². The number of aromatic nitrogens is 4. The Morgan fingerprint density at radius 2 is 2.20 bits per heavy atom. The third-order valence-corrected chi connectivity index (χ3v) is 5.33. The Morgan fingerprint density at radius 3 is 3.00 bits per heavy atom. The molecule has 2 aromatic heterocycles. The maximum atomic E-state index is 5.78. The molecule has 0 radical (unpaired) electrons. The van der Waals surface area contributed by atoms with Crippen LogP contribution in [-0.2, 0) is 22.4 Å². The highest BCUT2D eigenvalue weighted by Crippen LogP contribution is 2.22. The number of rotatable bonds is 8. The number of ether oxygens (including phenoxy) is 2. The minimum absolute atomic E-state index is 0.0712. The van der Waals surface area contributed by atoms with Crippen molar-refractivity contribution in [2.24, 2.45) is 0 Å². The van der Waals surface area contributed by atoms with Gasteiger partial charge in [0.2, 0.25) is 5.95 Å². The molecule has 7 nitrogen and oxygen atoms in total. The van der Waals surface area contributed by atoms with Crippen molar-refractivity contribution < 1.29 is 9.47 Å². The van der Waals surface area contributed by atoms with Crippen molar-refractivity contribution in [1.82, 2.24) is 19.7 Å². The van der Waals surface area contributed by atoms with Gasteiger partial charge in [-0.05, 0) is 55.9 Å². The summed E-state index contributed by atoms with van der Waals surface area (Å²) in [7, 11) is 0. The predicted molar refractivity (Wildman–Crippen MR) is 117 cm³/mol. The normalized spacial score (nSPS) is 16.5. The second-order valence-corrected chi connectivity index (χ2v) is 7.54. The van der Waals surface area contributed by atoms with Crippen LogP contribution >= 0.6 is 0 Å². The van der Waals surface area contributed by atoms with Gasteiger partial charge in [0.15, 0.2) is 6.29 Å². The van der Waals surface area contributed by atoms with Gasteiger partial charge in [0.05, 0.1) is 30.7 Å². The Labute approximate surface area is 177 Å². The Bertz CT molecular complexity index is 966. The molecule has 4 rings (SSSR count). The molecule has 1 aliphatic heterocycles. The van der Waals surface area contributed by atoms with Crippen LogP contribution in [0.4, 0.5) is 11.6 Å². The minimum Gasteiger partial charge on any atom is -0.353 e. The van der Waals surface area contributed by atoms with Crippen LogP contribution in [0.3, 0.4) is 0 Å². The highest BCUT2D eigenvalue weighted by molar-refractivity contribution is 5.63. The first-order valence-corrected chi connectivity index (χ1v) is 10.7. The molecule has 0 bridgehead atoms. The lowest BCUT2D eigenvalue weighted by Crippen LogP contribution is -2.24. The Kier molecular flexibility index (Phi) is 6.71. The number of hydrogen-bond donors (Lipinski definition) is 1. The summed E-state index contributed by atoms with van der Waals surface area (Å²) in [6.45, 7) is 6.35. The van der Waals surface area contributed by atoms with Crippen molar-refractivity contribution in [2.75, 3.05) is 18.5 Å². The number of hydrogen-bond acceptors (Lipinski definition) is 6. The van der Waals surface area contributed by atoms with E-state index in [4.69, 9.17) is 9.47 Å². The summed E-state index contributed by atoms with van der Waals surface area (Å²) in [6.07, 6.45) is 9.71. The summed E-state index contributed by atoms with van der Waals surface area (Å²) < 4.78 is 13.2. The van der Waals surface area contributed by atoms with E-state index < -0.39 is 0 Å². The quantitative estimate of drug-likeness (QED) is 0.593. The first-order valence-electron chi connectivity index (χ1n) is 10.7. The van der Waals surface area contributed by atoms with E-state index >= 15 is 0 Å². The highest BCUT2D eigenvalue weighted by atomic mass is 16.7. The van der Waals surface area contributed by atoms with E-state index in [1.165, 1.54) is 17.5 Å². The summed E-state index contributed by atoms with van der Waals surface area (Å²) in [5.41, 5.74) is 5.47. The van der Waals surface area contributed by atoms with Crippen LogP contribution in [0.2, 0.25) is 0 Å². The molecule has 1 aromatic carbocycles. The monoisotopic (exact) mass is 407 g/mol. The van der Waals surface area contributed by atoms with Gasteiger partial charge in [-0.25, -0.2) is 9.97 Å². The largest absolute Gasteiger partial charge is 0.353 e. The van der Waals surface area contributed by atoms with E-state index in [0.29, 0.717) is 19.1 Å². The molecule has 0 saturated carbocycles. The van der Waals surface area contributed by atoms with Gasteiger partial charge in [0.1, 0.15) is 0 Å². The third-order valence-electron chi connectivity index (χ3n) is 5.33. The summed E-state index contributed by atoms with van der Waals surface area (Å²) in [5, 5.41) is 7.62. The number of nitrogens with one attached hydrogen (secondary N) is 1. The van der Waals surface area contributed by atoms with Crippen LogP contribution in [0, 0.1) is 6.92 Å². The highest BCUT2D eigenvalue weighted by Gasteiger charge is 2.13. The van der Waals surface area contributed by atoms with Crippen LogP contribution in [0.1, 0.15) is 37.3 Å². The molecule has 158 valence electrons. The Morgan fingerprint density at radius 1 is 1.27 bits per heavy atom. The molecule has 0 aliphatic carbocycles. The van der Waals surface area contributed by atoms with E-state index in [2.05, 4.69) is 52.4 Å². The topological polar surface area (TPSA) is 74.1 Å². The van der Waals surface area contributed by atoms with Crippen molar-refractivity contribution in [3.63, 3.8) is 0 Å². The molecule has 0 spiro atoms. The van der Waals surface area contributed by atoms with Crippen molar-refractivity contribution in [1.29, 1.82) is 0 Å². The summed E-state index contributed by atoms with van der Waals surface area (Å²) in [6, 6.07) is 8.40. The molecular weight excluding hydrogens is 378 g/mol. The van der Waals surface area contributed by atoms with Crippen LogP contribution in [0.15, 0.2) is 42.9 Å². The van der Waals surface area contributed by atoms with Crippen LogP contribution < -0.4 is 5.32 Å². The first kappa shape index (κ1) is 20.5. The van der Waals surface area contributed by atoms with E-state index in [0.717, 1.165) is 42.8 Å². The van der Waals surface area contributed by atoms with Crippen LogP contribution in [0.25, 0.3) is 11.3 Å². The lowest BCUT2D eigenvalue weighted by molar-refractivity contribution is -0.163. The SMILES string of the molecule is CCc1ccc(-c2ccnc(Nc3cnn(CCOC4CCCCO4)c3)n2)cc1C. The third kappa shape index (κ3) is 5.23. The number of nitrogens with zero attached hydrogens (tertiary/aromatic N) is 4. The van der Waals surface area contributed by atoms with Gasteiger partial charge in [-0.1, -0.05) is 19.1 Å². The van der Waals surface area contributed by atoms with Crippen molar-refractivity contribution in [3.8, 4) is 11.3 Å². The summed E-state index contributed by atoms with van der Waals surface area (Å²) >= 11 is 0. The fourth-order valence-corrected chi connectivity index (χ4v) is 3.63. The van der Waals surface area contributed by atoms with E-state index in [1.54, 1.807) is 12.4 Å². The molecule has 1 unspecified atom stereocenters. The lowest BCUT2D eigenvalue weighted by atomic mass is 10.0. The molecule has 1 atom stereocenters. The molecule has 7 heteroatoms. The smallest absolute Gasteiger partial charge is 0.227 e. The van der Waals surface area contributed by atoms with Crippen molar-refractivity contribution in [3.05, 3.63) is 54.0 Å². The average molecular weight is 408 g/mol. The molecule has 3 aromatic rings. The van der Waals surface area contributed by atoms with Gasteiger partial charge in [-0.3, -0.25) is 4.68 Å². The second-order valence-electron chi connectivity index (χ2n) is 7.54. The maximum Gasteiger partial charge on any atom is 0.227 e. The van der Waals surface area contributed by atoms with Crippen molar-refractivity contribution in [2.45, 2.75) is 52.4 Å². The summed E-state index contributed by atoms with van der Waals surface area (Å²) in [4.78, 5) is 9.02. The minimum atomic E-state index is -0.0712. The zero-order valence-electron chi connectivity index (χ0n) is 17.7. The van der Waals surface area contributed by atoms with Crippen molar-refractivity contribution >= 4 is 11.6 Å². The molecule has 1 saturated heterocycles. The molecule has 1 aliphatic rings. The Balaban J connectivity index is 1.35. The van der Waals surface area contributed by atoms with Crippen LogP contribution in [0.5, 0.6) is 0 Å².